The second-order valence-electron chi connectivity index (χ2n) is 4.73. The van der Waals surface area contributed by atoms with E-state index in [1.54, 1.807) is 16.9 Å². The van der Waals surface area contributed by atoms with Gasteiger partial charge in [-0.1, -0.05) is 6.07 Å². The molecule has 3 heterocycles. The molecule has 1 aliphatic heterocycles. The van der Waals surface area contributed by atoms with E-state index in [1.807, 2.05) is 18.2 Å². The molecule has 0 spiro atoms. The number of carbonyl (C=O) groups is 1. The number of rotatable bonds is 2. The molecule has 0 unspecified atom stereocenters. The first-order valence-corrected chi connectivity index (χ1v) is 6.38. The maximum absolute atomic E-state index is 12.2. The summed E-state index contributed by atoms with van der Waals surface area (Å²) in [6.07, 6.45) is 3.54. The number of nitrogens with zero attached hydrogens (tertiary/aromatic N) is 2. The maximum atomic E-state index is 12.2. The van der Waals surface area contributed by atoms with Crippen molar-refractivity contribution in [1.29, 1.82) is 0 Å². The van der Waals surface area contributed by atoms with Gasteiger partial charge in [-0.2, -0.15) is 5.10 Å². The van der Waals surface area contributed by atoms with Crippen molar-refractivity contribution >= 4 is 11.4 Å². The second kappa shape index (κ2) is 4.99. The number of hydrogen-bond acceptors (Lipinski definition) is 4. The summed E-state index contributed by atoms with van der Waals surface area (Å²) in [5.41, 5.74) is 1.30. The third kappa shape index (κ3) is 2.32. The Morgan fingerprint density at radius 1 is 1.53 bits per heavy atom. The summed E-state index contributed by atoms with van der Waals surface area (Å²) >= 11 is 0. The summed E-state index contributed by atoms with van der Waals surface area (Å²) in [4.78, 5) is 12.2. The molecule has 100 valence electrons. The van der Waals surface area contributed by atoms with Crippen LogP contribution in [0.25, 0.3) is 5.52 Å². The van der Waals surface area contributed by atoms with E-state index in [-0.39, 0.29) is 11.9 Å². The molecular formula is C13H16N4O2. The van der Waals surface area contributed by atoms with E-state index in [0.29, 0.717) is 12.1 Å². The third-order valence-electron chi connectivity index (χ3n) is 3.44. The number of piperidine rings is 1. The zero-order valence-electron chi connectivity index (χ0n) is 10.4. The molecule has 3 rings (SSSR count). The minimum absolute atomic E-state index is 0.188. The van der Waals surface area contributed by atoms with Crippen LogP contribution in [0.4, 0.5) is 0 Å². The predicted molar refractivity (Wildman–Crippen MR) is 69.9 cm³/mol. The molecular weight excluding hydrogens is 244 g/mol. The average Bonchev–Trinajstić information content (AvgIpc) is 2.85. The Kier molecular flexibility index (Phi) is 3.18. The normalized spacial score (nSPS) is 23.4. The molecule has 1 saturated heterocycles. The van der Waals surface area contributed by atoms with Crippen molar-refractivity contribution in [1.82, 2.24) is 20.2 Å². The average molecular weight is 260 g/mol. The predicted octanol–water partition coefficient (Wildman–Crippen LogP) is -0.213. The zero-order chi connectivity index (χ0) is 13.2. The van der Waals surface area contributed by atoms with Crippen LogP contribution < -0.4 is 10.6 Å². The standard InChI is InChI=1S/C13H16N4O2/c18-12-8-14-5-4-10(12)16-13(19)9-7-15-17-6-2-1-3-11(9)17/h1-3,6-7,10,12,14,18H,4-5,8H2,(H,16,19)/t10-,12-/m1/s1. The molecule has 2 aromatic heterocycles. The number of amides is 1. The van der Waals surface area contributed by atoms with Crippen molar-refractivity contribution in [3.63, 3.8) is 0 Å². The maximum Gasteiger partial charge on any atom is 0.255 e. The van der Waals surface area contributed by atoms with Gasteiger partial charge in [-0.3, -0.25) is 4.79 Å². The first-order chi connectivity index (χ1) is 9.25. The van der Waals surface area contributed by atoms with E-state index in [9.17, 15) is 9.90 Å². The van der Waals surface area contributed by atoms with Gasteiger partial charge >= 0.3 is 0 Å². The van der Waals surface area contributed by atoms with Crippen LogP contribution in [0, 0.1) is 0 Å². The lowest BCUT2D eigenvalue weighted by molar-refractivity contribution is 0.0766. The van der Waals surface area contributed by atoms with Crippen LogP contribution >= 0.6 is 0 Å². The smallest absolute Gasteiger partial charge is 0.255 e. The fourth-order valence-electron chi connectivity index (χ4n) is 2.37. The number of aliphatic hydroxyl groups is 1. The number of fused-ring (bicyclic) bond motifs is 1. The number of aliphatic hydroxyl groups excluding tert-OH is 1. The molecule has 2 aromatic rings. The van der Waals surface area contributed by atoms with Crippen molar-refractivity contribution in [3.05, 3.63) is 36.2 Å². The van der Waals surface area contributed by atoms with Crippen LogP contribution in [0.3, 0.4) is 0 Å². The molecule has 2 atom stereocenters. The van der Waals surface area contributed by atoms with Gasteiger partial charge < -0.3 is 15.7 Å². The molecule has 1 fully saturated rings. The summed E-state index contributed by atoms with van der Waals surface area (Å²) in [6, 6.07) is 5.37. The highest BCUT2D eigenvalue weighted by Gasteiger charge is 2.25. The minimum Gasteiger partial charge on any atom is -0.390 e. The topological polar surface area (TPSA) is 78.7 Å². The van der Waals surface area contributed by atoms with Gasteiger partial charge in [-0.15, -0.1) is 0 Å². The van der Waals surface area contributed by atoms with Crippen molar-refractivity contribution in [2.24, 2.45) is 0 Å². The lowest BCUT2D eigenvalue weighted by atomic mass is 10.0. The lowest BCUT2D eigenvalue weighted by Gasteiger charge is -2.28. The molecule has 1 aliphatic rings. The highest BCUT2D eigenvalue weighted by atomic mass is 16.3. The van der Waals surface area contributed by atoms with E-state index < -0.39 is 6.10 Å². The third-order valence-corrected chi connectivity index (χ3v) is 3.44. The van der Waals surface area contributed by atoms with Gasteiger partial charge in [0.25, 0.3) is 5.91 Å². The molecule has 0 aliphatic carbocycles. The molecule has 0 saturated carbocycles. The van der Waals surface area contributed by atoms with Gasteiger partial charge in [0, 0.05) is 12.7 Å². The fraction of sp³-hybridized carbons (Fsp3) is 0.385. The monoisotopic (exact) mass is 260 g/mol. The van der Waals surface area contributed by atoms with Gasteiger partial charge in [0.05, 0.1) is 29.4 Å². The molecule has 1 amide bonds. The minimum atomic E-state index is -0.542. The van der Waals surface area contributed by atoms with Crippen molar-refractivity contribution in [2.45, 2.75) is 18.6 Å². The Labute approximate surface area is 110 Å². The number of carbonyl (C=O) groups excluding carboxylic acids is 1. The highest BCUT2D eigenvalue weighted by Crippen LogP contribution is 2.11. The van der Waals surface area contributed by atoms with Crippen LogP contribution in [0.15, 0.2) is 30.6 Å². The quantitative estimate of drug-likeness (QED) is 0.698. The van der Waals surface area contributed by atoms with Crippen LogP contribution in [0.2, 0.25) is 0 Å². The number of pyridine rings is 1. The Balaban J connectivity index is 1.80. The molecule has 19 heavy (non-hydrogen) atoms. The summed E-state index contributed by atoms with van der Waals surface area (Å²) in [5, 5.41) is 19.9. The SMILES string of the molecule is O=C(N[C@@H]1CCNC[C@H]1O)c1cnn2ccccc12. The van der Waals surface area contributed by atoms with Crippen molar-refractivity contribution in [3.8, 4) is 0 Å². The number of aromatic nitrogens is 2. The first-order valence-electron chi connectivity index (χ1n) is 6.38. The summed E-state index contributed by atoms with van der Waals surface area (Å²) in [7, 11) is 0. The van der Waals surface area contributed by atoms with Gasteiger partial charge in [0.15, 0.2) is 0 Å². The summed E-state index contributed by atoms with van der Waals surface area (Å²) in [6.45, 7) is 1.32. The molecule has 0 radical (unpaired) electrons. The molecule has 6 heteroatoms. The Bertz CT molecular complexity index is 595. The molecule has 6 nitrogen and oxygen atoms in total. The fourth-order valence-corrected chi connectivity index (χ4v) is 2.37. The number of hydrogen-bond donors (Lipinski definition) is 3. The zero-order valence-corrected chi connectivity index (χ0v) is 10.4. The van der Waals surface area contributed by atoms with Gasteiger partial charge in [-0.25, -0.2) is 4.52 Å². The molecule has 0 bridgehead atoms. The van der Waals surface area contributed by atoms with Crippen LogP contribution in [0.5, 0.6) is 0 Å². The Morgan fingerprint density at radius 2 is 2.42 bits per heavy atom. The van der Waals surface area contributed by atoms with Crippen LogP contribution in [-0.2, 0) is 0 Å². The summed E-state index contributed by atoms with van der Waals surface area (Å²) in [5.74, 6) is -0.188. The van der Waals surface area contributed by atoms with Crippen molar-refractivity contribution < 1.29 is 9.90 Å². The van der Waals surface area contributed by atoms with E-state index in [4.69, 9.17) is 0 Å². The van der Waals surface area contributed by atoms with Crippen molar-refractivity contribution in [2.75, 3.05) is 13.1 Å². The van der Waals surface area contributed by atoms with Gasteiger partial charge in [0.2, 0.25) is 0 Å². The lowest BCUT2D eigenvalue weighted by Crippen LogP contribution is -2.52. The van der Waals surface area contributed by atoms with E-state index in [2.05, 4.69) is 15.7 Å². The second-order valence-corrected chi connectivity index (χ2v) is 4.73. The Morgan fingerprint density at radius 3 is 3.26 bits per heavy atom. The number of β-amino-alcohol motifs (C(OH)–C–C–N with tert-alkyl or cyclic N) is 1. The largest absolute Gasteiger partial charge is 0.390 e. The van der Waals surface area contributed by atoms with Crippen LogP contribution in [-0.4, -0.2) is 45.9 Å². The number of nitrogens with one attached hydrogen (secondary N) is 2. The molecule has 3 N–H and O–H groups in total. The van der Waals surface area contributed by atoms with Crippen LogP contribution in [0.1, 0.15) is 16.8 Å². The first kappa shape index (κ1) is 12.1. The van der Waals surface area contributed by atoms with E-state index in [0.717, 1.165) is 18.5 Å². The van der Waals surface area contributed by atoms with E-state index >= 15 is 0 Å². The summed E-state index contributed by atoms with van der Waals surface area (Å²) < 4.78 is 1.66. The Hall–Kier alpha value is -1.92. The van der Waals surface area contributed by atoms with Gasteiger partial charge in [0.1, 0.15) is 0 Å². The molecule has 0 aromatic carbocycles. The van der Waals surface area contributed by atoms with Gasteiger partial charge in [-0.05, 0) is 25.1 Å². The highest BCUT2D eigenvalue weighted by molar-refractivity contribution is 6.00. The van der Waals surface area contributed by atoms with E-state index in [1.165, 1.54) is 0 Å².